The molecule has 1 aliphatic rings. The number of amides is 1. The minimum atomic E-state index is -0.385. The Kier molecular flexibility index (Phi) is 5.04. The summed E-state index contributed by atoms with van der Waals surface area (Å²) in [6.45, 7) is 2.63. The normalized spacial score (nSPS) is 17.5. The zero-order chi connectivity index (χ0) is 18.8. The Bertz CT molecular complexity index is 1010. The minimum absolute atomic E-state index is 0.136. The zero-order valence-corrected chi connectivity index (χ0v) is 15.9. The zero-order valence-electron chi connectivity index (χ0n) is 15.1. The number of carbonyl (C=O) groups excluding carboxylic acids is 1. The van der Waals surface area contributed by atoms with Gasteiger partial charge in [-0.25, -0.2) is 4.98 Å². The van der Waals surface area contributed by atoms with Crippen molar-refractivity contribution < 1.29 is 9.53 Å². The number of piperidine rings is 1. The number of hydrogen-bond donors (Lipinski definition) is 0. The van der Waals surface area contributed by atoms with Gasteiger partial charge in [0.1, 0.15) is 11.5 Å². The van der Waals surface area contributed by atoms with Crippen molar-refractivity contribution in [2.45, 2.75) is 25.3 Å². The van der Waals surface area contributed by atoms with E-state index < -0.39 is 0 Å². The van der Waals surface area contributed by atoms with Crippen molar-refractivity contribution in [3.05, 3.63) is 51.9 Å². The van der Waals surface area contributed by atoms with Crippen LogP contribution in [0.2, 0.25) is 0 Å². The third kappa shape index (κ3) is 3.52. The van der Waals surface area contributed by atoms with E-state index in [0.717, 1.165) is 25.2 Å². The van der Waals surface area contributed by atoms with E-state index in [1.165, 1.54) is 17.4 Å². The number of nitrogens with zero attached hydrogens (tertiary/aromatic N) is 5. The molecule has 0 saturated carbocycles. The molecule has 142 valence electrons. The summed E-state index contributed by atoms with van der Waals surface area (Å²) in [5.74, 6) is 1.02. The Morgan fingerprint density at radius 2 is 2.30 bits per heavy atom. The smallest absolute Gasteiger partial charge is 0.274 e. The van der Waals surface area contributed by atoms with E-state index in [-0.39, 0.29) is 17.4 Å². The van der Waals surface area contributed by atoms with Gasteiger partial charge in [0.05, 0.1) is 6.61 Å². The first-order chi connectivity index (χ1) is 13.2. The fraction of sp³-hybridized carbons (Fsp3) is 0.444. The van der Waals surface area contributed by atoms with Crippen LogP contribution in [0.1, 0.15) is 35.1 Å². The second kappa shape index (κ2) is 7.61. The van der Waals surface area contributed by atoms with Crippen LogP contribution in [0.25, 0.3) is 4.96 Å². The van der Waals surface area contributed by atoms with Crippen molar-refractivity contribution >= 4 is 22.2 Å². The van der Waals surface area contributed by atoms with Crippen LogP contribution < -0.4 is 5.56 Å². The predicted octanol–water partition coefficient (Wildman–Crippen LogP) is 1.62. The largest absolute Gasteiger partial charge is 0.383 e. The summed E-state index contributed by atoms with van der Waals surface area (Å²) in [6.07, 6.45) is 7.41. The maximum Gasteiger partial charge on any atom is 0.274 e. The number of ether oxygens (including phenoxy) is 1. The molecule has 9 heteroatoms. The number of methoxy groups -OCH3 is 1. The summed E-state index contributed by atoms with van der Waals surface area (Å²) < 4.78 is 8.95. The first kappa shape index (κ1) is 17.9. The highest BCUT2D eigenvalue weighted by molar-refractivity contribution is 7.15. The summed E-state index contributed by atoms with van der Waals surface area (Å²) in [5, 5.41) is 1.82. The van der Waals surface area contributed by atoms with Crippen molar-refractivity contribution in [1.82, 2.24) is 23.8 Å². The summed E-state index contributed by atoms with van der Waals surface area (Å²) in [5.41, 5.74) is -0.0147. The molecule has 0 radical (unpaired) electrons. The van der Waals surface area contributed by atoms with Gasteiger partial charge in [-0.15, -0.1) is 11.3 Å². The molecule has 3 aromatic rings. The third-order valence-corrected chi connectivity index (χ3v) is 5.65. The van der Waals surface area contributed by atoms with Gasteiger partial charge in [-0.3, -0.25) is 14.0 Å². The monoisotopic (exact) mass is 387 g/mol. The van der Waals surface area contributed by atoms with Gasteiger partial charge in [0, 0.05) is 62.7 Å². The highest BCUT2D eigenvalue weighted by Crippen LogP contribution is 2.27. The maximum atomic E-state index is 13.1. The first-order valence-corrected chi connectivity index (χ1v) is 9.81. The maximum absolute atomic E-state index is 13.1. The highest BCUT2D eigenvalue weighted by Gasteiger charge is 2.29. The molecule has 1 fully saturated rings. The summed E-state index contributed by atoms with van der Waals surface area (Å²) >= 11 is 1.34. The van der Waals surface area contributed by atoms with Gasteiger partial charge in [-0.2, -0.15) is 4.98 Å². The van der Waals surface area contributed by atoms with Gasteiger partial charge in [0.15, 0.2) is 4.96 Å². The Hall–Kier alpha value is -2.52. The molecule has 0 N–H and O–H groups in total. The highest BCUT2D eigenvalue weighted by atomic mass is 32.1. The van der Waals surface area contributed by atoms with Crippen LogP contribution in [0.15, 0.2) is 34.8 Å². The Balaban J connectivity index is 1.58. The van der Waals surface area contributed by atoms with Crippen molar-refractivity contribution in [1.29, 1.82) is 0 Å². The number of imidazole rings is 1. The molecule has 0 unspecified atom stereocenters. The second-order valence-electron chi connectivity index (χ2n) is 6.60. The molecular formula is C18H21N5O3S. The van der Waals surface area contributed by atoms with Crippen LogP contribution in [-0.4, -0.2) is 56.5 Å². The summed E-state index contributed by atoms with van der Waals surface area (Å²) in [7, 11) is 1.68. The van der Waals surface area contributed by atoms with Crippen LogP contribution in [0.4, 0.5) is 0 Å². The van der Waals surface area contributed by atoms with E-state index in [0.29, 0.717) is 30.4 Å². The molecule has 1 amide bonds. The number of aromatic nitrogens is 4. The van der Waals surface area contributed by atoms with Crippen LogP contribution >= 0.6 is 11.3 Å². The molecule has 0 aliphatic carbocycles. The van der Waals surface area contributed by atoms with Crippen molar-refractivity contribution in [2.24, 2.45) is 0 Å². The van der Waals surface area contributed by atoms with Crippen LogP contribution in [-0.2, 0) is 11.3 Å². The fourth-order valence-corrected chi connectivity index (χ4v) is 4.33. The molecule has 1 aliphatic heterocycles. The first-order valence-electron chi connectivity index (χ1n) is 8.93. The summed E-state index contributed by atoms with van der Waals surface area (Å²) in [4.78, 5) is 35.8. The topological polar surface area (TPSA) is 81.7 Å². The van der Waals surface area contributed by atoms with Gasteiger partial charge >= 0.3 is 0 Å². The molecule has 27 heavy (non-hydrogen) atoms. The van der Waals surface area contributed by atoms with E-state index in [2.05, 4.69) is 14.5 Å². The molecule has 3 aromatic heterocycles. The van der Waals surface area contributed by atoms with Crippen molar-refractivity contribution in [3.8, 4) is 0 Å². The lowest BCUT2D eigenvalue weighted by Gasteiger charge is -2.32. The number of fused-ring (bicyclic) bond motifs is 1. The van der Waals surface area contributed by atoms with E-state index >= 15 is 0 Å². The average Bonchev–Trinajstić information content (AvgIpc) is 3.34. The van der Waals surface area contributed by atoms with Gasteiger partial charge in [-0.1, -0.05) is 0 Å². The molecule has 4 heterocycles. The lowest BCUT2D eigenvalue weighted by atomic mass is 9.96. The standard InChI is InChI=1S/C18H21N5O3S/c1-26-9-7-21-6-4-19-16(21)13-3-2-5-22(12-13)17(25)14-11-15(24)20-18-23(14)8-10-27-18/h4,6,8,10-11,13H,2-3,5,7,9,12H2,1H3/t13-/m0/s1. The number of carbonyl (C=O) groups is 1. The number of hydrogen-bond acceptors (Lipinski definition) is 6. The van der Waals surface area contributed by atoms with E-state index in [4.69, 9.17) is 4.74 Å². The number of rotatable bonds is 5. The van der Waals surface area contributed by atoms with Crippen LogP contribution in [0.3, 0.4) is 0 Å². The van der Waals surface area contributed by atoms with Gasteiger partial charge in [0.2, 0.25) is 0 Å². The van der Waals surface area contributed by atoms with Crippen LogP contribution in [0.5, 0.6) is 0 Å². The molecular weight excluding hydrogens is 366 g/mol. The lowest BCUT2D eigenvalue weighted by Crippen LogP contribution is -2.41. The molecule has 0 aromatic carbocycles. The van der Waals surface area contributed by atoms with Gasteiger partial charge in [0.25, 0.3) is 11.5 Å². The Morgan fingerprint density at radius 1 is 1.41 bits per heavy atom. The molecule has 1 atom stereocenters. The molecule has 1 saturated heterocycles. The molecule has 4 rings (SSSR count). The third-order valence-electron chi connectivity index (χ3n) is 4.89. The fourth-order valence-electron chi connectivity index (χ4n) is 3.61. The number of likely N-dealkylation sites (tertiary alicyclic amines) is 1. The second-order valence-corrected chi connectivity index (χ2v) is 7.47. The molecule has 0 spiro atoms. The minimum Gasteiger partial charge on any atom is -0.383 e. The lowest BCUT2D eigenvalue weighted by molar-refractivity contribution is 0.0694. The van der Waals surface area contributed by atoms with Crippen molar-refractivity contribution in [3.63, 3.8) is 0 Å². The van der Waals surface area contributed by atoms with Crippen molar-refractivity contribution in [2.75, 3.05) is 26.8 Å². The van der Waals surface area contributed by atoms with E-state index in [1.54, 1.807) is 23.9 Å². The van der Waals surface area contributed by atoms with Gasteiger partial charge in [-0.05, 0) is 12.8 Å². The molecule has 8 nitrogen and oxygen atoms in total. The predicted molar refractivity (Wildman–Crippen MR) is 101 cm³/mol. The Morgan fingerprint density at radius 3 is 3.15 bits per heavy atom. The Labute approximate surface area is 160 Å². The quantitative estimate of drug-likeness (QED) is 0.664. The van der Waals surface area contributed by atoms with E-state index in [9.17, 15) is 9.59 Å². The average molecular weight is 387 g/mol. The van der Waals surface area contributed by atoms with Crippen LogP contribution in [0, 0.1) is 0 Å². The SMILES string of the molecule is COCCn1ccnc1[C@H]1CCCN(C(=O)c2cc(=O)nc3sccn23)C1. The van der Waals surface area contributed by atoms with Gasteiger partial charge < -0.3 is 14.2 Å². The number of thiazole rings is 1. The molecule has 0 bridgehead atoms. The van der Waals surface area contributed by atoms with E-state index in [1.807, 2.05) is 16.5 Å². The summed E-state index contributed by atoms with van der Waals surface area (Å²) in [6, 6.07) is 1.32.